The van der Waals surface area contributed by atoms with Crippen molar-refractivity contribution in [3.63, 3.8) is 0 Å². The molecule has 0 aliphatic carbocycles. The summed E-state index contributed by atoms with van der Waals surface area (Å²) < 4.78 is 5.41. The van der Waals surface area contributed by atoms with Crippen LogP contribution in [0, 0.1) is 0 Å². The normalized spacial score (nSPS) is 13.1. The van der Waals surface area contributed by atoms with Crippen molar-refractivity contribution in [3.05, 3.63) is 29.3 Å². The summed E-state index contributed by atoms with van der Waals surface area (Å²) in [6.07, 6.45) is 1.05. The van der Waals surface area contributed by atoms with E-state index < -0.39 is 0 Å². The largest absolute Gasteiger partial charge is 0.496 e. The molecule has 1 aromatic rings. The van der Waals surface area contributed by atoms with Gasteiger partial charge in [0, 0.05) is 19.1 Å². The fourth-order valence-electron chi connectivity index (χ4n) is 2.29. The fraction of sp³-hybridized carbons (Fsp3) is 0.625. The summed E-state index contributed by atoms with van der Waals surface area (Å²) in [6, 6.07) is 6.73. The molecule has 0 bridgehead atoms. The molecule has 0 radical (unpaired) electrons. The minimum atomic E-state index is 0.229. The van der Waals surface area contributed by atoms with Crippen molar-refractivity contribution in [2.24, 2.45) is 5.73 Å². The van der Waals surface area contributed by atoms with Gasteiger partial charge < -0.3 is 15.4 Å². The van der Waals surface area contributed by atoms with Crippen LogP contribution in [0.3, 0.4) is 0 Å². The number of rotatable bonds is 7. The van der Waals surface area contributed by atoms with Gasteiger partial charge >= 0.3 is 0 Å². The van der Waals surface area contributed by atoms with E-state index in [1.807, 2.05) is 6.92 Å². The number of benzene rings is 1. The van der Waals surface area contributed by atoms with E-state index >= 15 is 0 Å². The molecule has 0 aliphatic rings. The van der Waals surface area contributed by atoms with Gasteiger partial charge in [-0.3, -0.25) is 0 Å². The monoisotopic (exact) mass is 264 g/mol. The van der Waals surface area contributed by atoms with Gasteiger partial charge in [0.25, 0.3) is 0 Å². The van der Waals surface area contributed by atoms with E-state index in [0.717, 1.165) is 25.3 Å². The maximum atomic E-state index is 5.81. The Morgan fingerprint density at radius 1 is 1.26 bits per heavy atom. The summed E-state index contributed by atoms with van der Waals surface area (Å²) in [5.41, 5.74) is 8.45. The lowest BCUT2D eigenvalue weighted by molar-refractivity contribution is 0.321. The summed E-state index contributed by atoms with van der Waals surface area (Å²) >= 11 is 0. The Morgan fingerprint density at radius 3 is 2.47 bits per heavy atom. The predicted octanol–water partition coefficient (Wildman–Crippen LogP) is 2.64. The van der Waals surface area contributed by atoms with Crippen molar-refractivity contribution in [1.82, 2.24) is 4.90 Å². The third kappa shape index (κ3) is 5.21. The highest BCUT2D eigenvalue weighted by molar-refractivity contribution is 5.39. The molecule has 3 nitrogen and oxygen atoms in total. The first-order valence-electron chi connectivity index (χ1n) is 7.05. The first kappa shape index (κ1) is 16.0. The Bertz CT molecular complexity index is 388. The first-order chi connectivity index (χ1) is 8.93. The van der Waals surface area contributed by atoms with Crippen molar-refractivity contribution in [2.45, 2.75) is 39.2 Å². The van der Waals surface area contributed by atoms with Crippen molar-refractivity contribution < 1.29 is 4.74 Å². The Balaban J connectivity index is 2.67. The minimum Gasteiger partial charge on any atom is -0.496 e. The van der Waals surface area contributed by atoms with Gasteiger partial charge in [0.2, 0.25) is 0 Å². The van der Waals surface area contributed by atoms with E-state index in [1.165, 1.54) is 11.1 Å². The van der Waals surface area contributed by atoms with Crippen LogP contribution in [-0.4, -0.2) is 38.2 Å². The van der Waals surface area contributed by atoms with E-state index in [-0.39, 0.29) is 6.04 Å². The van der Waals surface area contributed by atoms with Gasteiger partial charge in [0.05, 0.1) is 7.11 Å². The quantitative estimate of drug-likeness (QED) is 0.823. The molecule has 108 valence electrons. The Kier molecular flexibility index (Phi) is 6.32. The molecular weight excluding hydrogens is 236 g/mol. The summed E-state index contributed by atoms with van der Waals surface area (Å²) in [7, 11) is 3.85. The second-order valence-corrected chi connectivity index (χ2v) is 5.72. The van der Waals surface area contributed by atoms with Crippen LogP contribution in [-0.2, 0) is 6.42 Å². The van der Waals surface area contributed by atoms with Crippen LogP contribution in [0.2, 0.25) is 0 Å². The van der Waals surface area contributed by atoms with Crippen LogP contribution in [0.4, 0.5) is 0 Å². The van der Waals surface area contributed by atoms with Crippen LogP contribution >= 0.6 is 0 Å². The fourth-order valence-corrected chi connectivity index (χ4v) is 2.29. The van der Waals surface area contributed by atoms with Crippen molar-refractivity contribution >= 4 is 0 Å². The van der Waals surface area contributed by atoms with Gasteiger partial charge in [-0.1, -0.05) is 26.0 Å². The molecule has 1 atom stereocenters. The summed E-state index contributed by atoms with van der Waals surface area (Å²) in [6.45, 7) is 8.41. The molecule has 1 aromatic carbocycles. The Hall–Kier alpha value is -1.06. The lowest BCUT2D eigenvalue weighted by Gasteiger charge is -2.19. The molecule has 0 fully saturated rings. The number of methoxy groups -OCH3 is 1. The summed E-state index contributed by atoms with van der Waals surface area (Å²) in [5, 5.41) is 0. The molecule has 0 saturated heterocycles. The van der Waals surface area contributed by atoms with Gasteiger partial charge in [-0.15, -0.1) is 0 Å². The van der Waals surface area contributed by atoms with Crippen molar-refractivity contribution in [3.8, 4) is 5.75 Å². The number of likely N-dealkylation sites (N-methyl/N-ethyl adjacent to an activating group) is 1. The van der Waals surface area contributed by atoms with E-state index in [0.29, 0.717) is 5.92 Å². The number of hydrogen-bond acceptors (Lipinski definition) is 3. The SMILES string of the molecule is COc1ccc(CCN(C)CC(C)N)cc1C(C)C. The smallest absolute Gasteiger partial charge is 0.122 e. The number of hydrogen-bond donors (Lipinski definition) is 1. The highest BCUT2D eigenvalue weighted by atomic mass is 16.5. The third-order valence-corrected chi connectivity index (χ3v) is 3.30. The van der Waals surface area contributed by atoms with Gasteiger partial charge in [-0.25, -0.2) is 0 Å². The minimum absolute atomic E-state index is 0.229. The Morgan fingerprint density at radius 2 is 1.95 bits per heavy atom. The highest BCUT2D eigenvalue weighted by Gasteiger charge is 2.09. The van der Waals surface area contributed by atoms with E-state index in [4.69, 9.17) is 10.5 Å². The zero-order valence-corrected chi connectivity index (χ0v) is 12.9. The van der Waals surface area contributed by atoms with E-state index in [1.54, 1.807) is 7.11 Å². The summed E-state index contributed by atoms with van der Waals surface area (Å²) in [5.74, 6) is 1.47. The highest BCUT2D eigenvalue weighted by Crippen LogP contribution is 2.27. The lowest BCUT2D eigenvalue weighted by atomic mass is 9.98. The number of nitrogens with zero attached hydrogens (tertiary/aromatic N) is 1. The molecule has 19 heavy (non-hydrogen) atoms. The first-order valence-corrected chi connectivity index (χ1v) is 7.05. The summed E-state index contributed by atoms with van der Waals surface area (Å²) in [4.78, 5) is 2.28. The molecule has 0 aliphatic heterocycles. The average Bonchev–Trinajstić information content (AvgIpc) is 2.35. The molecule has 0 aromatic heterocycles. The average molecular weight is 264 g/mol. The van der Waals surface area contributed by atoms with Gasteiger partial charge in [0.1, 0.15) is 5.75 Å². The van der Waals surface area contributed by atoms with Gasteiger partial charge in [0.15, 0.2) is 0 Å². The van der Waals surface area contributed by atoms with E-state index in [9.17, 15) is 0 Å². The Labute approximate surface area is 117 Å². The lowest BCUT2D eigenvalue weighted by Crippen LogP contribution is -2.34. The topological polar surface area (TPSA) is 38.5 Å². The zero-order chi connectivity index (χ0) is 14.4. The predicted molar refractivity (Wildman–Crippen MR) is 81.9 cm³/mol. The molecule has 1 rings (SSSR count). The standard InChI is InChI=1S/C16H28N2O/c1-12(2)15-10-14(6-7-16(15)19-5)8-9-18(4)11-13(3)17/h6-7,10,12-13H,8-9,11,17H2,1-5H3. The maximum Gasteiger partial charge on any atom is 0.122 e. The van der Waals surface area contributed by atoms with Gasteiger partial charge in [-0.05, 0) is 43.5 Å². The van der Waals surface area contributed by atoms with E-state index in [2.05, 4.69) is 44.0 Å². The van der Waals surface area contributed by atoms with Crippen molar-refractivity contribution in [1.29, 1.82) is 0 Å². The molecule has 2 N–H and O–H groups in total. The second kappa shape index (κ2) is 7.51. The molecular formula is C16H28N2O. The third-order valence-electron chi connectivity index (χ3n) is 3.30. The maximum absolute atomic E-state index is 5.81. The van der Waals surface area contributed by atoms with Crippen LogP contribution in [0.15, 0.2) is 18.2 Å². The van der Waals surface area contributed by atoms with Crippen LogP contribution in [0.5, 0.6) is 5.75 Å². The molecule has 1 unspecified atom stereocenters. The molecule has 0 amide bonds. The molecule has 0 saturated carbocycles. The van der Waals surface area contributed by atoms with Crippen LogP contribution in [0.25, 0.3) is 0 Å². The number of ether oxygens (including phenoxy) is 1. The van der Waals surface area contributed by atoms with Gasteiger partial charge in [-0.2, -0.15) is 0 Å². The molecule has 0 heterocycles. The molecule has 3 heteroatoms. The van der Waals surface area contributed by atoms with Crippen LogP contribution in [0.1, 0.15) is 37.8 Å². The zero-order valence-electron chi connectivity index (χ0n) is 12.9. The molecule has 0 spiro atoms. The number of nitrogens with two attached hydrogens (primary N) is 1. The van der Waals surface area contributed by atoms with Crippen molar-refractivity contribution in [2.75, 3.05) is 27.2 Å². The second-order valence-electron chi connectivity index (χ2n) is 5.72. The van der Waals surface area contributed by atoms with Crippen LogP contribution < -0.4 is 10.5 Å².